The number of aromatic nitrogens is 2. The number of carbonyl (C=O) groups is 2. The van der Waals surface area contributed by atoms with Gasteiger partial charge in [0.15, 0.2) is 5.82 Å². The fourth-order valence-electron chi connectivity index (χ4n) is 3.92. The van der Waals surface area contributed by atoms with Crippen molar-refractivity contribution in [2.75, 3.05) is 25.6 Å². The van der Waals surface area contributed by atoms with E-state index in [-0.39, 0.29) is 23.7 Å². The van der Waals surface area contributed by atoms with Crippen LogP contribution in [0.5, 0.6) is 5.75 Å². The van der Waals surface area contributed by atoms with Crippen LogP contribution >= 0.6 is 0 Å². The predicted molar refractivity (Wildman–Crippen MR) is 107 cm³/mol. The Bertz CT molecular complexity index is 902. The summed E-state index contributed by atoms with van der Waals surface area (Å²) in [6.45, 7) is 1.89. The van der Waals surface area contributed by atoms with Gasteiger partial charge in [0, 0.05) is 19.7 Å². The van der Waals surface area contributed by atoms with E-state index in [1.807, 2.05) is 16.7 Å². The van der Waals surface area contributed by atoms with Gasteiger partial charge in [-0.15, -0.1) is 0 Å². The summed E-state index contributed by atoms with van der Waals surface area (Å²) < 4.78 is 12.7. The van der Waals surface area contributed by atoms with Crippen LogP contribution in [-0.4, -0.2) is 47.7 Å². The van der Waals surface area contributed by atoms with Gasteiger partial charge in [-0.2, -0.15) is 0 Å². The Morgan fingerprint density at radius 1 is 1.24 bits per heavy atom. The molecule has 0 radical (unpaired) electrons. The van der Waals surface area contributed by atoms with Crippen molar-refractivity contribution >= 4 is 17.5 Å². The molecule has 1 unspecified atom stereocenters. The van der Waals surface area contributed by atoms with Crippen molar-refractivity contribution in [1.29, 1.82) is 0 Å². The lowest BCUT2D eigenvalue weighted by Crippen LogP contribution is -2.32. The number of hydrogen-bond donors (Lipinski definition) is 2. The first-order valence-corrected chi connectivity index (χ1v) is 10.1. The predicted octanol–water partition coefficient (Wildman–Crippen LogP) is 2.39. The third-order valence-electron chi connectivity index (χ3n) is 5.41. The third-order valence-corrected chi connectivity index (χ3v) is 5.41. The quantitative estimate of drug-likeness (QED) is 0.779. The molecule has 154 valence electrons. The van der Waals surface area contributed by atoms with Crippen molar-refractivity contribution in [2.24, 2.45) is 0 Å². The molecule has 8 nitrogen and oxygen atoms in total. The number of rotatable bonds is 6. The molecule has 8 heteroatoms. The number of hydrogen-bond acceptors (Lipinski definition) is 5. The fraction of sp³-hybridized carbons (Fsp3) is 0.476. The highest BCUT2D eigenvalue weighted by Gasteiger charge is 2.28. The molecule has 1 saturated heterocycles. The van der Waals surface area contributed by atoms with Gasteiger partial charge in [0.05, 0.1) is 24.6 Å². The molecule has 3 heterocycles. The second-order valence-corrected chi connectivity index (χ2v) is 7.34. The number of amides is 2. The van der Waals surface area contributed by atoms with E-state index in [1.165, 1.54) is 0 Å². The Balaban J connectivity index is 1.55. The molecule has 29 heavy (non-hydrogen) atoms. The van der Waals surface area contributed by atoms with Gasteiger partial charge in [-0.3, -0.25) is 9.59 Å². The maximum atomic E-state index is 13.0. The first-order chi connectivity index (χ1) is 14.2. The largest absolute Gasteiger partial charge is 0.495 e. The molecular weight excluding hydrogens is 372 g/mol. The molecule has 0 spiro atoms. The smallest absolute Gasteiger partial charge is 0.291 e. The highest BCUT2D eigenvalue weighted by molar-refractivity contribution is 6.04. The summed E-state index contributed by atoms with van der Waals surface area (Å²) in [4.78, 5) is 30.2. The standard InChI is InChI=1S/C21H26N4O4/c1-28-17-10-3-2-8-15(17)23-21(27)19-24-18(16-9-4-5-11-25(16)19)20(26)22-13-14-7-6-12-29-14/h2-3,8,10,14H,4-7,9,11-13H2,1H3,(H,22,26)(H,23,27). The van der Waals surface area contributed by atoms with E-state index in [0.717, 1.165) is 44.4 Å². The van der Waals surface area contributed by atoms with Gasteiger partial charge in [0.2, 0.25) is 0 Å². The second-order valence-electron chi connectivity index (χ2n) is 7.34. The highest BCUT2D eigenvalue weighted by atomic mass is 16.5. The molecule has 2 amide bonds. The summed E-state index contributed by atoms with van der Waals surface area (Å²) in [7, 11) is 1.55. The molecule has 0 bridgehead atoms. The summed E-state index contributed by atoms with van der Waals surface area (Å²) in [6, 6.07) is 7.21. The van der Waals surface area contributed by atoms with Crippen LogP contribution < -0.4 is 15.4 Å². The van der Waals surface area contributed by atoms with Gasteiger partial charge in [-0.25, -0.2) is 4.98 Å². The molecule has 2 aliphatic heterocycles. The van der Waals surface area contributed by atoms with Crippen molar-refractivity contribution < 1.29 is 19.1 Å². The number of para-hydroxylation sites is 2. The van der Waals surface area contributed by atoms with E-state index in [2.05, 4.69) is 15.6 Å². The van der Waals surface area contributed by atoms with Gasteiger partial charge in [-0.05, 0) is 44.2 Å². The number of ether oxygens (including phenoxy) is 2. The summed E-state index contributed by atoms with van der Waals surface area (Å²) in [5.74, 6) is 0.229. The van der Waals surface area contributed by atoms with Gasteiger partial charge in [0.25, 0.3) is 11.8 Å². The molecule has 2 N–H and O–H groups in total. The van der Waals surface area contributed by atoms with Gasteiger partial charge in [-0.1, -0.05) is 12.1 Å². The Morgan fingerprint density at radius 2 is 2.10 bits per heavy atom. The minimum atomic E-state index is -0.351. The number of nitrogens with one attached hydrogen (secondary N) is 2. The van der Waals surface area contributed by atoms with Gasteiger partial charge in [0.1, 0.15) is 11.4 Å². The van der Waals surface area contributed by atoms with Crippen molar-refractivity contribution in [2.45, 2.75) is 44.8 Å². The number of fused-ring (bicyclic) bond motifs is 1. The molecule has 1 aromatic heterocycles. The maximum absolute atomic E-state index is 13.0. The fourth-order valence-corrected chi connectivity index (χ4v) is 3.92. The van der Waals surface area contributed by atoms with E-state index < -0.39 is 0 Å². The first-order valence-electron chi connectivity index (χ1n) is 10.1. The summed E-state index contributed by atoms with van der Waals surface area (Å²) in [5, 5.41) is 5.78. The Labute approximate surface area is 169 Å². The van der Waals surface area contributed by atoms with Crippen LogP contribution in [0.25, 0.3) is 0 Å². The zero-order chi connectivity index (χ0) is 20.2. The van der Waals surface area contributed by atoms with E-state index in [9.17, 15) is 9.59 Å². The van der Waals surface area contributed by atoms with E-state index in [4.69, 9.17) is 9.47 Å². The number of nitrogens with zero attached hydrogens (tertiary/aromatic N) is 2. The topological polar surface area (TPSA) is 94.5 Å². The van der Waals surface area contributed by atoms with E-state index in [1.54, 1.807) is 19.2 Å². The normalized spacial score (nSPS) is 18.2. The van der Waals surface area contributed by atoms with Crippen LogP contribution in [0.4, 0.5) is 5.69 Å². The van der Waals surface area contributed by atoms with E-state index >= 15 is 0 Å². The Hall–Kier alpha value is -2.87. The summed E-state index contributed by atoms with van der Waals surface area (Å²) in [6.07, 6.45) is 4.70. The zero-order valence-corrected chi connectivity index (χ0v) is 16.6. The van der Waals surface area contributed by atoms with Crippen molar-refractivity contribution in [3.05, 3.63) is 41.5 Å². The van der Waals surface area contributed by atoms with Crippen LogP contribution in [0.2, 0.25) is 0 Å². The average molecular weight is 398 g/mol. The van der Waals surface area contributed by atoms with Crippen molar-refractivity contribution in [3.8, 4) is 5.75 Å². The van der Waals surface area contributed by atoms with Crippen LogP contribution in [0.15, 0.2) is 24.3 Å². The number of imidazole rings is 1. The molecule has 0 aliphatic carbocycles. The van der Waals surface area contributed by atoms with Gasteiger partial charge < -0.3 is 24.7 Å². The lowest BCUT2D eigenvalue weighted by atomic mass is 10.1. The van der Waals surface area contributed by atoms with Crippen LogP contribution in [0.1, 0.15) is 52.5 Å². The Kier molecular flexibility index (Phi) is 5.80. The number of anilines is 1. The lowest BCUT2D eigenvalue weighted by Gasteiger charge is -2.17. The number of methoxy groups -OCH3 is 1. The monoisotopic (exact) mass is 398 g/mol. The SMILES string of the molecule is COc1ccccc1NC(=O)c1nc(C(=O)NCC2CCCO2)c2n1CCCC2. The van der Waals surface area contributed by atoms with Crippen molar-refractivity contribution in [3.63, 3.8) is 0 Å². The molecule has 4 rings (SSSR count). The number of benzene rings is 1. The highest BCUT2D eigenvalue weighted by Crippen LogP contribution is 2.25. The Morgan fingerprint density at radius 3 is 2.90 bits per heavy atom. The first kappa shape index (κ1) is 19.4. The zero-order valence-electron chi connectivity index (χ0n) is 16.6. The molecule has 0 saturated carbocycles. The lowest BCUT2D eigenvalue weighted by molar-refractivity contribution is 0.0853. The van der Waals surface area contributed by atoms with Crippen LogP contribution in [-0.2, 0) is 17.7 Å². The van der Waals surface area contributed by atoms with Crippen LogP contribution in [0, 0.1) is 0 Å². The van der Waals surface area contributed by atoms with Crippen molar-refractivity contribution in [1.82, 2.24) is 14.9 Å². The average Bonchev–Trinajstić information content (AvgIpc) is 3.40. The molecule has 1 atom stereocenters. The minimum Gasteiger partial charge on any atom is -0.495 e. The maximum Gasteiger partial charge on any atom is 0.291 e. The second kappa shape index (κ2) is 8.65. The summed E-state index contributed by atoms with van der Waals surface area (Å²) in [5.41, 5.74) is 1.73. The minimum absolute atomic E-state index is 0.0608. The number of carbonyl (C=O) groups excluding carboxylic acids is 2. The molecule has 1 fully saturated rings. The van der Waals surface area contributed by atoms with Crippen LogP contribution in [0.3, 0.4) is 0 Å². The molecule has 1 aromatic carbocycles. The molecular formula is C21H26N4O4. The molecule has 2 aromatic rings. The molecule has 2 aliphatic rings. The third kappa shape index (κ3) is 4.12. The van der Waals surface area contributed by atoms with Gasteiger partial charge >= 0.3 is 0 Å². The van der Waals surface area contributed by atoms with E-state index in [0.29, 0.717) is 30.2 Å². The summed E-state index contributed by atoms with van der Waals surface area (Å²) >= 11 is 0.